The smallest absolute Gasteiger partial charge is 0.286 e. The fraction of sp³-hybridized carbons (Fsp3) is 0.0476. The van der Waals surface area contributed by atoms with Crippen molar-refractivity contribution in [3.05, 3.63) is 83.6 Å². The van der Waals surface area contributed by atoms with Crippen molar-refractivity contribution < 1.29 is 9.53 Å². The second-order valence-corrected chi connectivity index (χ2v) is 7.51. The monoisotopic (exact) mass is 420 g/mol. The molecule has 29 heavy (non-hydrogen) atoms. The van der Waals surface area contributed by atoms with Crippen LogP contribution in [0.1, 0.15) is 15.4 Å². The maximum absolute atomic E-state index is 12.4. The number of carbonyl (C=O) groups is 1. The second-order valence-electron chi connectivity index (χ2n) is 6.07. The number of pyridine rings is 1. The van der Waals surface area contributed by atoms with Crippen molar-refractivity contribution in [1.29, 1.82) is 0 Å². The molecule has 0 radical (unpaired) electrons. The first-order chi connectivity index (χ1) is 14.2. The maximum Gasteiger partial charge on any atom is 0.286 e. The summed E-state index contributed by atoms with van der Waals surface area (Å²) in [5, 5.41) is 6.17. The van der Waals surface area contributed by atoms with Crippen LogP contribution in [-0.4, -0.2) is 21.0 Å². The van der Waals surface area contributed by atoms with Crippen LogP contribution in [0, 0.1) is 0 Å². The summed E-state index contributed by atoms with van der Waals surface area (Å²) < 4.78 is 6.66. The zero-order valence-electron chi connectivity index (χ0n) is 15.2. The molecule has 0 aliphatic heterocycles. The molecule has 0 atom stereocenters. The zero-order valence-corrected chi connectivity index (χ0v) is 16.8. The largest absolute Gasteiger partial charge is 0.489 e. The van der Waals surface area contributed by atoms with E-state index in [1.165, 1.54) is 11.3 Å². The first-order valence-corrected chi connectivity index (χ1v) is 9.99. The number of hydrogen-bond donors (Lipinski definition) is 2. The highest BCUT2D eigenvalue weighted by Crippen LogP contribution is 2.21. The normalized spacial score (nSPS) is 10.5. The van der Waals surface area contributed by atoms with Crippen LogP contribution in [-0.2, 0) is 6.61 Å². The van der Waals surface area contributed by atoms with Gasteiger partial charge in [0.05, 0.1) is 10.2 Å². The number of thiocarbonyl (C=S) groups is 1. The molecular weight excluding hydrogens is 404 g/mol. The van der Waals surface area contributed by atoms with Gasteiger partial charge in [0.25, 0.3) is 5.91 Å². The molecule has 8 heteroatoms. The number of nitrogens with zero attached hydrogens (tertiary/aromatic N) is 2. The summed E-state index contributed by atoms with van der Waals surface area (Å²) >= 11 is 6.53. The van der Waals surface area contributed by atoms with E-state index in [1.54, 1.807) is 18.5 Å². The van der Waals surface area contributed by atoms with Crippen molar-refractivity contribution in [2.75, 3.05) is 5.32 Å². The van der Waals surface area contributed by atoms with Crippen LogP contribution in [0.3, 0.4) is 0 Å². The zero-order chi connectivity index (χ0) is 20.1. The van der Waals surface area contributed by atoms with Crippen LogP contribution in [0.2, 0.25) is 0 Å². The van der Waals surface area contributed by atoms with Gasteiger partial charge < -0.3 is 10.1 Å². The van der Waals surface area contributed by atoms with Crippen LogP contribution < -0.4 is 15.4 Å². The Balaban J connectivity index is 1.36. The minimum Gasteiger partial charge on any atom is -0.489 e. The van der Waals surface area contributed by atoms with Gasteiger partial charge in [-0.15, -0.1) is 11.3 Å². The Morgan fingerprint density at radius 3 is 2.79 bits per heavy atom. The van der Waals surface area contributed by atoms with E-state index in [-0.39, 0.29) is 11.0 Å². The van der Waals surface area contributed by atoms with Crippen molar-refractivity contribution in [1.82, 2.24) is 15.3 Å². The lowest BCUT2D eigenvalue weighted by Crippen LogP contribution is -2.34. The van der Waals surface area contributed by atoms with Gasteiger partial charge in [0.15, 0.2) is 10.1 Å². The number of anilines is 1. The molecule has 0 aliphatic rings. The Hall–Kier alpha value is -3.36. The van der Waals surface area contributed by atoms with Gasteiger partial charge in [-0.2, -0.15) is 0 Å². The summed E-state index contributed by atoms with van der Waals surface area (Å²) in [7, 11) is 0. The van der Waals surface area contributed by atoms with E-state index < -0.39 is 0 Å². The Morgan fingerprint density at radius 1 is 1.10 bits per heavy atom. The van der Waals surface area contributed by atoms with Crippen LogP contribution in [0.15, 0.2) is 73.1 Å². The third kappa shape index (κ3) is 4.92. The van der Waals surface area contributed by atoms with Crippen molar-refractivity contribution >= 4 is 50.5 Å². The van der Waals surface area contributed by atoms with E-state index in [4.69, 9.17) is 17.0 Å². The average Bonchev–Trinajstić information content (AvgIpc) is 3.18. The number of benzene rings is 2. The lowest BCUT2D eigenvalue weighted by molar-refractivity contribution is 0.0977. The third-order valence-corrected chi connectivity index (χ3v) is 5.16. The molecule has 0 saturated carbocycles. The molecule has 0 unspecified atom stereocenters. The van der Waals surface area contributed by atoms with Crippen molar-refractivity contribution in [2.45, 2.75) is 6.61 Å². The van der Waals surface area contributed by atoms with Crippen LogP contribution in [0.25, 0.3) is 10.2 Å². The Labute approximate surface area is 176 Å². The molecule has 1 amide bonds. The predicted molar refractivity (Wildman–Crippen MR) is 118 cm³/mol. The van der Waals surface area contributed by atoms with Crippen LogP contribution >= 0.6 is 23.6 Å². The fourth-order valence-corrected chi connectivity index (χ4v) is 3.64. The summed E-state index contributed by atoms with van der Waals surface area (Å²) in [6.07, 6.45) is 3.32. The van der Waals surface area contributed by atoms with Gasteiger partial charge in [-0.05, 0) is 36.0 Å². The minimum absolute atomic E-state index is 0.188. The van der Waals surface area contributed by atoms with Gasteiger partial charge in [0.1, 0.15) is 12.4 Å². The SMILES string of the molecule is O=C(NC(=S)Nc1cccc(OCc2ccccc2)c1)c1nc2ccncc2s1. The molecule has 4 aromatic rings. The molecule has 4 rings (SSSR count). The van der Waals surface area contributed by atoms with Gasteiger partial charge in [-0.25, -0.2) is 4.98 Å². The molecule has 6 nitrogen and oxygen atoms in total. The van der Waals surface area contributed by atoms with E-state index in [0.29, 0.717) is 17.4 Å². The maximum atomic E-state index is 12.4. The van der Waals surface area contributed by atoms with E-state index >= 15 is 0 Å². The van der Waals surface area contributed by atoms with Crippen molar-refractivity contribution in [2.24, 2.45) is 0 Å². The summed E-state index contributed by atoms with van der Waals surface area (Å²) in [4.78, 5) is 20.7. The van der Waals surface area contributed by atoms with Gasteiger partial charge in [-0.3, -0.25) is 15.1 Å². The number of thiazole rings is 1. The number of carbonyl (C=O) groups excluding carboxylic acids is 1. The number of ether oxygens (including phenoxy) is 1. The number of rotatable bonds is 5. The van der Waals surface area contributed by atoms with Gasteiger partial charge in [0, 0.05) is 24.1 Å². The topological polar surface area (TPSA) is 76.1 Å². The van der Waals surface area contributed by atoms with E-state index in [9.17, 15) is 4.79 Å². The van der Waals surface area contributed by atoms with Gasteiger partial charge >= 0.3 is 0 Å². The number of hydrogen-bond acceptors (Lipinski definition) is 6. The predicted octanol–water partition coefficient (Wildman–Crippen LogP) is 4.40. The highest BCUT2D eigenvalue weighted by atomic mass is 32.1. The van der Waals surface area contributed by atoms with Crippen LogP contribution in [0.4, 0.5) is 5.69 Å². The molecule has 0 saturated heterocycles. The quantitative estimate of drug-likeness (QED) is 0.466. The molecule has 0 aliphatic carbocycles. The molecule has 2 N–H and O–H groups in total. The molecule has 144 valence electrons. The van der Waals surface area contributed by atoms with Crippen molar-refractivity contribution in [3.63, 3.8) is 0 Å². The summed E-state index contributed by atoms with van der Waals surface area (Å²) in [6, 6.07) is 19.1. The number of fused-ring (bicyclic) bond motifs is 1. The fourth-order valence-electron chi connectivity index (χ4n) is 2.60. The highest BCUT2D eigenvalue weighted by Gasteiger charge is 2.14. The highest BCUT2D eigenvalue weighted by molar-refractivity contribution is 7.80. The number of amides is 1. The molecule has 2 aromatic heterocycles. The molecule has 2 heterocycles. The summed E-state index contributed by atoms with van der Waals surface area (Å²) in [5.74, 6) is 0.340. The third-order valence-electron chi connectivity index (χ3n) is 3.95. The average molecular weight is 421 g/mol. The number of aromatic nitrogens is 2. The molecular formula is C21H16N4O2S2. The standard InChI is InChI=1S/C21H16N4O2S2/c26-19(20-24-17-9-10-22-12-18(17)29-20)25-21(28)23-15-7-4-8-16(11-15)27-13-14-5-2-1-3-6-14/h1-12H,13H2,(H2,23,25,26,28). The Morgan fingerprint density at radius 2 is 1.97 bits per heavy atom. The summed E-state index contributed by atoms with van der Waals surface area (Å²) in [6.45, 7) is 0.470. The number of nitrogens with one attached hydrogen (secondary N) is 2. The van der Waals surface area contributed by atoms with Gasteiger partial charge in [0.2, 0.25) is 0 Å². The molecule has 0 fully saturated rings. The summed E-state index contributed by atoms with van der Waals surface area (Å²) in [5.41, 5.74) is 2.53. The van der Waals surface area contributed by atoms with E-state index in [1.807, 2.05) is 54.6 Å². The van der Waals surface area contributed by atoms with Crippen molar-refractivity contribution in [3.8, 4) is 5.75 Å². The minimum atomic E-state index is -0.361. The lowest BCUT2D eigenvalue weighted by atomic mass is 10.2. The first kappa shape index (κ1) is 19.0. The Bertz CT molecular complexity index is 1130. The van der Waals surface area contributed by atoms with Gasteiger partial charge in [-0.1, -0.05) is 36.4 Å². The molecule has 0 spiro atoms. The van der Waals surface area contributed by atoms with Crippen LogP contribution in [0.5, 0.6) is 5.75 Å². The molecule has 2 aromatic carbocycles. The van der Waals surface area contributed by atoms with E-state index in [0.717, 1.165) is 21.5 Å². The van der Waals surface area contributed by atoms with E-state index in [2.05, 4.69) is 20.6 Å². The lowest BCUT2D eigenvalue weighted by Gasteiger charge is -2.11. The second kappa shape index (κ2) is 8.76. The first-order valence-electron chi connectivity index (χ1n) is 8.77. The Kier molecular flexibility index (Phi) is 5.73. The molecule has 0 bridgehead atoms.